The second kappa shape index (κ2) is 7.81. The van der Waals surface area contributed by atoms with Crippen molar-refractivity contribution >= 4 is 17.6 Å². The molecule has 2 rings (SSSR count). The van der Waals surface area contributed by atoms with Gasteiger partial charge >= 0.3 is 6.03 Å². The van der Waals surface area contributed by atoms with Gasteiger partial charge in [-0.25, -0.2) is 4.79 Å². The van der Waals surface area contributed by atoms with Gasteiger partial charge in [-0.1, -0.05) is 43.6 Å². The number of aliphatic hydroxyl groups is 1. The molecule has 0 spiro atoms. The molecular weight excluding hydrogens is 304 g/mol. The number of morpholine rings is 1. The summed E-state index contributed by atoms with van der Waals surface area (Å²) in [7, 11) is 0. The van der Waals surface area contributed by atoms with Crippen LogP contribution >= 0.6 is 11.6 Å². The number of rotatable bonds is 4. The van der Waals surface area contributed by atoms with E-state index in [2.05, 4.69) is 5.32 Å². The van der Waals surface area contributed by atoms with Crippen molar-refractivity contribution < 1.29 is 14.6 Å². The maximum atomic E-state index is 12.5. The van der Waals surface area contributed by atoms with E-state index in [0.29, 0.717) is 24.7 Å². The van der Waals surface area contributed by atoms with E-state index in [1.54, 1.807) is 4.90 Å². The number of halogens is 1. The molecule has 0 saturated carbocycles. The summed E-state index contributed by atoms with van der Waals surface area (Å²) < 4.78 is 5.37. The molecule has 5 nitrogen and oxygen atoms in total. The molecule has 0 unspecified atom stereocenters. The van der Waals surface area contributed by atoms with Crippen LogP contribution in [0.1, 0.15) is 25.5 Å². The van der Waals surface area contributed by atoms with Gasteiger partial charge in [-0.2, -0.15) is 0 Å². The highest BCUT2D eigenvalue weighted by Gasteiger charge is 2.27. The lowest BCUT2D eigenvalue weighted by Crippen LogP contribution is -2.51. The second-order valence-electron chi connectivity index (χ2n) is 5.81. The van der Waals surface area contributed by atoms with Gasteiger partial charge in [0.1, 0.15) is 0 Å². The maximum Gasteiger partial charge on any atom is 0.318 e. The zero-order valence-electron chi connectivity index (χ0n) is 13.0. The van der Waals surface area contributed by atoms with Gasteiger partial charge in [0, 0.05) is 11.6 Å². The Kier molecular flexibility index (Phi) is 6.06. The van der Waals surface area contributed by atoms with Crippen molar-refractivity contribution in [1.29, 1.82) is 0 Å². The molecule has 0 aliphatic carbocycles. The summed E-state index contributed by atoms with van der Waals surface area (Å²) in [5.74, 6) is 0.207. The molecule has 1 heterocycles. The number of ether oxygens (including phenoxy) is 1. The minimum Gasteiger partial charge on any atom is -0.394 e. The van der Waals surface area contributed by atoms with E-state index in [0.717, 1.165) is 5.56 Å². The van der Waals surface area contributed by atoms with Crippen LogP contribution in [0.2, 0.25) is 5.02 Å². The van der Waals surface area contributed by atoms with E-state index < -0.39 is 0 Å². The molecule has 22 heavy (non-hydrogen) atoms. The number of hydrogen-bond acceptors (Lipinski definition) is 3. The lowest BCUT2D eigenvalue weighted by atomic mass is 9.96. The van der Waals surface area contributed by atoms with E-state index in [1.807, 2.05) is 38.1 Å². The zero-order chi connectivity index (χ0) is 16.1. The Morgan fingerprint density at radius 2 is 2.23 bits per heavy atom. The normalized spacial score (nSPS) is 20.0. The molecule has 2 atom stereocenters. The number of nitrogens with one attached hydrogen (secondary N) is 1. The number of carbonyl (C=O) groups excluding carboxylic acids is 1. The topological polar surface area (TPSA) is 61.8 Å². The molecule has 1 aliphatic rings. The molecule has 1 aliphatic heterocycles. The van der Waals surface area contributed by atoms with Gasteiger partial charge in [0.15, 0.2) is 0 Å². The van der Waals surface area contributed by atoms with Crippen LogP contribution in [0.15, 0.2) is 24.3 Å². The van der Waals surface area contributed by atoms with Gasteiger partial charge in [0.2, 0.25) is 0 Å². The third-order valence-corrected chi connectivity index (χ3v) is 4.16. The molecule has 1 aromatic rings. The molecule has 0 aromatic heterocycles. The molecule has 0 bridgehead atoms. The predicted molar refractivity (Wildman–Crippen MR) is 86.0 cm³/mol. The second-order valence-corrected chi connectivity index (χ2v) is 6.22. The van der Waals surface area contributed by atoms with Gasteiger partial charge in [-0.3, -0.25) is 0 Å². The monoisotopic (exact) mass is 326 g/mol. The lowest BCUT2D eigenvalue weighted by Gasteiger charge is -2.34. The number of benzene rings is 1. The third kappa shape index (κ3) is 4.12. The van der Waals surface area contributed by atoms with Crippen LogP contribution in [0, 0.1) is 5.92 Å². The SMILES string of the molecule is CC(C)[C@@H](NC(=O)N1CCO[C@@H](CO)C1)c1ccccc1Cl. The van der Waals surface area contributed by atoms with Crippen LogP contribution in [-0.2, 0) is 4.74 Å². The predicted octanol–water partition coefficient (Wildman–Crippen LogP) is 2.44. The minimum absolute atomic E-state index is 0.0814. The summed E-state index contributed by atoms with van der Waals surface area (Å²) in [5, 5.41) is 12.9. The largest absolute Gasteiger partial charge is 0.394 e. The Bertz CT molecular complexity index is 510. The Morgan fingerprint density at radius 1 is 1.50 bits per heavy atom. The summed E-state index contributed by atoms with van der Waals surface area (Å²) >= 11 is 6.26. The van der Waals surface area contributed by atoms with Crippen molar-refractivity contribution in [1.82, 2.24) is 10.2 Å². The fourth-order valence-electron chi connectivity index (χ4n) is 2.57. The van der Waals surface area contributed by atoms with Gasteiger partial charge in [-0.15, -0.1) is 0 Å². The van der Waals surface area contributed by atoms with Crippen molar-refractivity contribution in [3.8, 4) is 0 Å². The summed E-state index contributed by atoms with van der Waals surface area (Å²) in [5.41, 5.74) is 0.916. The maximum absolute atomic E-state index is 12.5. The average molecular weight is 327 g/mol. The third-order valence-electron chi connectivity index (χ3n) is 3.82. The number of hydrogen-bond donors (Lipinski definition) is 2. The van der Waals surface area contributed by atoms with Crippen molar-refractivity contribution in [3.63, 3.8) is 0 Å². The summed E-state index contributed by atoms with van der Waals surface area (Å²) in [4.78, 5) is 14.2. The van der Waals surface area contributed by atoms with Crippen molar-refractivity contribution in [3.05, 3.63) is 34.9 Å². The van der Waals surface area contributed by atoms with Crippen molar-refractivity contribution in [2.45, 2.75) is 26.0 Å². The standard InChI is InChI=1S/C16H23ClN2O3/c1-11(2)15(13-5-3-4-6-14(13)17)18-16(21)19-7-8-22-12(9-19)10-20/h3-6,11-12,15,20H,7-10H2,1-2H3,(H,18,21)/t12-,15-/m1/s1. The highest BCUT2D eigenvalue weighted by atomic mass is 35.5. The fourth-order valence-corrected chi connectivity index (χ4v) is 2.82. The van der Waals surface area contributed by atoms with Crippen LogP contribution in [0.4, 0.5) is 4.79 Å². The number of nitrogens with zero attached hydrogens (tertiary/aromatic N) is 1. The Hall–Kier alpha value is -1.30. The number of urea groups is 1. The molecule has 1 aromatic carbocycles. The molecule has 122 valence electrons. The van der Waals surface area contributed by atoms with Gasteiger partial charge in [0.25, 0.3) is 0 Å². The first-order chi connectivity index (χ1) is 10.5. The highest BCUT2D eigenvalue weighted by molar-refractivity contribution is 6.31. The Balaban J connectivity index is 2.08. The van der Waals surface area contributed by atoms with E-state index in [-0.39, 0.29) is 30.7 Å². The summed E-state index contributed by atoms with van der Waals surface area (Å²) in [6, 6.07) is 7.24. The molecule has 1 fully saturated rings. The van der Waals surface area contributed by atoms with Crippen molar-refractivity contribution in [2.24, 2.45) is 5.92 Å². The molecule has 2 amide bonds. The fraction of sp³-hybridized carbons (Fsp3) is 0.562. The van der Waals surface area contributed by atoms with E-state index in [4.69, 9.17) is 16.3 Å². The average Bonchev–Trinajstić information content (AvgIpc) is 2.53. The zero-order valence-corrected chi connectivity index (χ0v) is 13.7. The summed E-state index contributed by atoms with van der Waals surface area (Å²) in [6.45, 7) is 5.37. The van der Waals surface area contributed by atoms with Crippen LogP contribution in [0.5, 0.6) is 0 Å². The first-order valence-electron chi connectivity index (χ1n) is 7.55. The van der Waals surface area contributed by atoms with Crippen LogP contribution in [0.25, 0.3) is 0 Å². The minimum atomic E-state index is -0.308. The summed E-state index contributed by atoms with van der Waals surface area (Å²) in [6.07, 6.45) is -0.308. The highest BCUT2D eigenvalue weighted by Crippen LogP contribution is 2.28. The molecule has 2 N–H and O–H groups in total. The number of carbonyl (C=O) groups is 1. The number of amides is 2. The Labute approximate surface area is 136 Å². The van der Waals surface area contributed by atoms with Gasteiger partial charge in [0.05, 0.1) is 31.9 Å². The quantitative estimate of drug-likeness (QED) is 0.893. The molecular formula is C16H23ClN2O3. The van der Waals surface area contributed by atoms with E-state index in [9.17, 15) is 9.90 Å². The van der Waals surface area contributed by atoms with Crippen LogP contribution in [0.3, 0.4) is 0 Å². The van der Waals surface area contributed by atoms with Crippen molar-refractivity contribution in [2.75, 3.05) is 26.3 Å². The Morgan fingerprint density at radius 3 is 2.86 bits per heavy atom. The first-order valence-corrected chi connectivity index (χ1v) is 7.93. The molecule has 0 radical (unpaired) electrons. The van der Waals surface area contributed by atoms with Crippen LogP contribution < -0.4 is 5.32 Å². The van der Waals surface area contributed by atoms with Crippen LogP contribution in [-0.4, -0.2) is 48.4 Å². The number of aliphatic hydroxyl groups excluding tert-OH is 1. The lowest BCUT2D eigenvalue weighted by molar-refractivity contribution is -0.0406. The smallest absolute Gasteiger partial charge is 0.318 e. The molecule has 6 heteroatoms. The van der Waals surface area contributed by atoms with Gasteiger partial charge < -0.3 is 20.1 Å². The van der Waals surface area contributed by atoms with Gasteiger partial charge in [-0.05, 0) is 17.5 Å². The van der Waals surface area contributed by atoms with E-state index in [1.165, 1.54) is 0 Å². The first kappa shape index (κ1) is 17.1. The molecule has 1 saturated heterocycles. The van der Waals surface area contributed by atoms with E-state index >= 15 is 0 Å².